The summed E-state index contributed by atoms with van der Waals surface area (Å²) in [4.78, 5) is 11.8. The van der Waals surface area contributed by atoms with E-state index in [9.17, 15) is 4.79 Å². The third-order valence-corrected chi connectivity index (χ3v) is 2.97. The number of carbonyl (C=O) groups excluding carboxylic acids is 1. The average molecular weight is 291 g/mol. The van der Waals surface area contributed by atoms with Crippen molar-refractivity contribution in [3.63, 3.8) is 0 Å². The van der Waals surface area contributed by atoms with Gasteiger partial charge in [0.05, 0.1) is 28.4 Å². The first-order valence-electron chi connectivity index (χ1n) is 5.56. The number of carbonyl (C=O) groups is 1. The van der Waals surface area contributed by atoms with Gasteiger partial charge in [-0.15, -0.1) is 0 Å². The Kier molecular flexibility index (Phi) is 5.72. The number of hydrogen-bond acceptors (Lipinski definition) is 3. The number of amides is 1. The monoisotopic (exact) mass is 290 g/mol. The molecule has 0 bridgehead atoms. The molecule has 0 aliphatic carbocycles. The lowest BCUT2D eigenvalue weighted by atomic mass is 10.2. The molecule has 0 saturated carbocycles. The summed E-state index contributed by atoms with van der Waals surface area (Å²) in [6.45, 7) is 4.75. The van der Waals surface area contributed by atoms with Crippen LogP contribution in [0.1, 0.15) is 24.2 Å². The van der Waals surface area contributed by atoms with Crippen molar-refractivity contribution in [3.8, 4) is 0 Å². The Labute approximate surface area is 116 Å². The summed E-state index contributed by atoms with van der Waals surface area (Å²) < 4.78 is 5.31. The average Bonchev–Trinajstić information content (AvgIpc) is 2.30. The zero-order valence-electron chi connectivity index (χ0n) is 10.3. The zero-order valence-corrected chi connectivity index (χ0v) is 11.8. The third kappa shape index (κ3) is 4.37. The topological polar surface area (TPSA) is 64.3 Å². The molecule has 4 nitrogen and oxygen atoms in total. The molecule has 0 unspecified atom stereocenters. The van der Waals surface area contributed by atoms with Crippen molar-refractivity contribution in [2.24, 2.45) is 0 Å². The van der Waals surface area contributed by atoms with Crippen LogP contribution in [0.3, 0.4) is 0 Å². The molecule has 0 aliphatic heterocycles. The molecule has 18 heavy (non-hydrogen) atoms. The van der Waals surface area contributed by atoms with Gasteiger partial charge in [0.1, 0.15) is 0 Å². The normalized spacial score (nSPS) is 10.7. The van der Waals surface area contributed by atoms with E-state index in [0.717, 1.165) is 0 Å². The molecule has 0 spiro atoms. The molecule has 1 aromatic carbocycles. The van der Waals surface area contributed by atoms with Gasteiger partial charge in [-0.1, -0.05) is 23.2 Å². The highest BCUT2D eigenvalue weighted by Gasteiger charge is 2.10. The van der Waals surface area contributed by atoms with Crippen LogP contribution in [0.4, 0.5) is 5.69 Å². The number of nitrogens with one attached hydrogen (secondary N) is 1. The number of anilines is 1. The van der Waals surface area contributed by atoms with Gasteiger partial charge in [-0.3, -0.25) is 4.79 Å². The van der Waals surface area contributed by atoms with Crippen LogP contribution in [0.25, 0.3) is 0 Å². The standard InChI is InChI=1S/C12H16Cl2N2O2/c1-7(2)18-4-3-16-12(17)8-5-9(13)11(14)10(15)6-8/h5-7H,3-4,15H2,1-2H3,(H,16,17). The van der Waals surface area contributed by atoms with E-state index in [0.29, 0.717) is 18.7 Å². The lowest BCUT2D eigenvalue weighted by molar-refractivity contribution is 0.0746. The van der Waals surface area contributed by atoms with E-state index in [2.05, 4.69) is 5.32 Å². The van der Waals surface area contributed by atoms with Crippen molar-refractivity contribution in [1.82, 2.24) is 5.32 Å². The molecule has 100 valence electrons. The smallest absolute Gasteiger partial charge is 0.251 e. The van der Waals surface area contributed by atoms with Crippen molar-refractivity contribution in [3.05, 3.63) is 27.7 Å². The Morgan fingerprint density at radius 2 is 2.11 bits per heavy atom. The molecule has 1 aromatic rings. The number of ether oxygens (including phenoxy) is 1. The molecule has 0 radical (unpaired) electrons. The number of nitrogens with two attached hydrogens (primary N) is 1. The zero-order chi connectivity index (χ0) is 13.7. The summed E-state index contributed by atoms with van der Waals surface area (Å²) in [6.07, 6.45) is 0.141. The molecular formula is C12H16Cl2N2O2. The first-order valence-corrected chi connectivity index (χ1v) is 6.31. The van der Waals surface area contributed by atoms with Gasteiger partial charge >= 0.3 is 0 Å². The summed E-state index contributed by atoms with van der Waals surface area (Å²) in [5, 5.41) is 3.23. The Morgan fingerprint density at radius 3 is 2.67 bits per heavy atom. The molecule has 0 aromatic heterocycles. The van der Waals surface area contributed by atoms with Crippen molar-refractivity contribution in [1.29, 1.82) is 0 Å². The first kappa shape index (κ1) is 15.1. The van der Waals surface area contributed by atoms with Crippen LogP contribution in [0.2, 0.25) is 10.0 Å². The Bertz CT molecular complexity index is 413. The van der Waals surface area contributed by atoms with Crippen LogP contribution < -0.4 is 11.1 Å². The van der Waals surface area contributed by atoms with E-state index >= 15 is 0 Å². The van der Waals surface area contributed by atoms with Crippen molar-refractivity contribution >= 4 is 34.8 Å². The van der Waals surface area contributed by atoms with Crippen molar-refractivity contribution in [2.75, 3.05) is 18.9 Å². The molecule has 0 atom stereocenters. The van der Waals surface area contributed by atoms with E-state index in [1.165, 1.54) is 12.1 Å². The minimum Gasteiger partial charge on any atom is -0.397 e. The number of benzene rings is 1. The van der Waals surface area contributed by atoms with Crippen LogP contribution >= 0.6 is 23.2 Å². The van der Waals surface area contributed by atoms with Gasteiger partial charge in [-0.25, -0.2) is 0 Å². The Morgan fingerprint density at radius 1 is 1.44 bits per heavy atom. The molecule has 1 amide bonds. The summed E-state index contributed by atoms with van der Waals surface area (Å²) >= 11 is 11.7. The van der Waals surface area contributed by atoms with E-state index < -0.39 is 0 Å². The fourth-order valence-corrected chi connectivity index (χ4v) is 1.64. The number of rotatable bonds is 5. The van der Waals surface area contributed by atoms with Crippen LogP contribution in [0, 0.1) is 0 Å². The van der Waals surface area contributed by atoms with E-state index in [1.807, 2.05) is 13.8 Å². The second-order valence-electron chi connectivity index (χ2n) is 4.04. The minimum atomic E-state index is -0.257. The van der Waals surface area contributed by atoms with Crippen LogP contribution in [-0.2, 0) is 4.74 Å². The van der Waals surface area contributed by atoms with Crippen LogP contribution in [-0.4, -0.2) is 25.2 Å². The highest BCUT2D eigenvalue weighted by atomic mass is 35.5. The number of hydrogen-bond donors (Lipinski definition) is 2. The molecule has 0 aliphatic rings. The lowest BCUT2D eigenvalue weighted by Gasteiger charge is -2.10. The maximum atomic E-state index is 11.8. The fraction of sp³-hybridized carbons (Fsp3) is 0.417. The molecule has 1 rings (SSSR count). The highest BCUT2D eigenvalue weighted by Crippen LogP contribution is 2.29. The van der Waals surface area contributed by atoms with Gasteiger partial charge in [-0.2, -0.15) is 0 Å². The van der Waals surface area contributed by atoms with E-state index in [-0.39, 0.29) is 27.7 Å². The van der Waals surface area contributed by atoms with Gasteiger partial charge in [0.15, 0.2) is 0 Å². The molecule has 3 N–H and O–H groups in total. The maximum absolute atomic E-state index is 11.8. The van der Waals surface area contributed by atoms with Gasteiger partial charge in [0, 0.05) is 12.1 Å². The largest absolute Gasteiger partial charge is 0.397 e. The summed E-state index contributed by atoms with van der Waals surface area (Å²) in [6, 6.07) is 2.98. The second kappa shape index (κ2) is 6.83. The van der Waals surface area contributed by atoms with Crippen LogP contribution in [0.15, 0.2) is 12.1 Å². The molecule has 0 heterocycles. The summed E-state index contributed by atoms with van der Waals surface area (Å²) in [7, 11) is 0. The third-order valence-electron chi connectivity index (χ3n) is 2.16. The van der Waals surface area contributed by atoms with E-state index in [1.54, 1.807) is 0 Å². The molecule has 6 heteroatoms. The number of halogens is 2. The second-order valence-corrected chi connectivity index (χ2v) is 4.82. The Hall–Kier alpha value is -0.970. The summed E-state index contributed by atoms with van der Waals surface area (Å²) in [5.74, 6) is -0.257. The van der Waals surface area contributed by atoms with E-state index in [4.69, 9.17) is 33.7 Å². The SMILES string of the molecule is CC(C)OCCNC(=O)c1cc(N)c(Cl)c(Cl)c1. The van der Waals surface area contributed by atoms with Gasteiger partial charge in [0.25, 0.3) is 5.91 Å². The minimum absolute atomic E-state index is 0.141. The van der Waals surface area contributed by atoms with Crippen molar-refractivity contribution in [2.45, 2.75) is 20.0 Å². The fourth-order valence-electron chi connectivity index (χ4n) is 1.30. The van der Waals surface area contributed by atoms with Crippen LogP contribution in [0.5, 0.6) is 0 Å². The molecular weight excluding hydrogens is 275 g/mol. The van der Waals surface area contributed by atoms with Gasteiger partial charge in [-0.05, 0) is 26.0 Å². The predicted molar refractivity (Wildman–Crippen MR) is 74.3 cm³/mol. The highest BCUT2D eigenvalue weighted by molar-refractivity contribution is 6.43. The number of nitrogen functional groups attached to an aromatic ring is 1. The van der Waals surface area contributed by atoms with Gasteiger partial charge in [0.2, 0.25) is 0 Å². The lowest BCUT2D eigenvalue weighted by Crippen LogP contribution is -2.28. The predicted octanol–water partition coefficient (Wildman–Crippen LogP) is 2.73. The molecule has 0 saturated heterocycles. The summed E-state index contributed by atoms with van der Waals surface area (Å²) in [5.41, 5.74) is 6.30. The first-order chi connectivity index (χ1) is 8.41. The molecule has 0 fully saturated rings. The van der Waals surface area contributed by atoms with Gasteiger partial charge < -0.3 is 15.8 Å². The Balaban J connectivity index is 2.57. The maximum Gasteiger partial charge on any atom is 0.251 e. The van der Waals surface area contributed by atoms with Crippen molar-refractivity contribution < 1.29 is 9.53 Å². The quantitative estimate of drug-likeness (QED) is 0.647.